The molecule has 0 atom stereocenters. The number of para-hydroxylation sites is 2. The zero-order valence-corrected chi connectivity index (χ0v) is 46.7. The van der Waals surface area contributed by atoms with E-state index in [0.29, 0.717) is 0 Å². The van der Waals surface area contributed by atoms with Crippen molar-refractivity contribution in [1.29, 1.82) is 0 Å². The maximum Gasteiger partial charge on any atom is 0.0641 e. The summed E-state index contributed by atoms with van der Waals surface area (Å²) in [6, 6.07) is 86.6. The van der Waals surface area contributed by atoms with E-state index in [-0.39, 0.29) is 10.8 Å². The van der Waals surface area contributed by atoms with Gasteiger partial charge in [-0.1, -0.05) is 187 Å². The minimum atomic E-state index is -0.0562. The van der Waals surface area contributed by atoms with Gasteiger partial charge in [0.05, 0.1) is 55.8 Å². The topological polar surface area (TPSA) is 15.3 Å². The summed E-state index contributed by atoms with van der Waals surface area (Å²) in [6.45, 7) is 18.4. The van der Waals surface area contributed by atoms with Crippen molar-refractivity contribution in [1.82, 2.24) is 8.80 Å². The Kier molecular flexibility index (Phi) is 10.5. The van der Waals surface area contributed by atoms with Crippen LogP contribution in [0.1, 0.15) is 63.8 Å². The highest BCUT2D eigenvalue weighted by molar-refractivity contribution is 6.32. The molecule has 4 heteroatoms. The van der Waals surface area contributed by atoms with Crippen LogP contribution >= 0.6 is 0 Å². The van der Waals surface area contributed by atoms with Crippen molar-refractivity contribution in [2.24, 2.45) is 0 Å². The number of rotatable bonds is 8. The number of fused-ring (bicyclic) bond motifs is 12. The Balaban J connectivity index is 1.05. The maximum absolute atomic E-state index is 2.59. The van der Waals surface area contributed by atoms with E-state index in [0.717, 1.165) is 34.1 Å². The average Bonchev–Trinajstić information content (AvgIpc) is 4.18. The number of hydrogen-bond donors (Lipinski definition) is 0. The van der Waals surface area contributed by atoms with Gasteiger partial charge in [-0.25, -0.2) is 0 Å². The van der Waals surface area contributed by atoms with E-state index in [1.807, 2.05) is 0 Å². The fraction of sp³-hybridized carbons (Fsp3) is 0.132. The van der Waals surface area contributed by atoms with Crippen molar-refractivity contribution in [3.63, 3.8) is 0 Å². The molecule has 15 aromatic rings. The van der Waals surface area contributed by atoms with Crippen LogP contribution in [-0.2, 0) is 10.8 Å². The molecule has 0 fully saturated rings. The first-order valence-corrected chi connectivity index (χ1v) is 28.3. The van der Waals surface area contributed by atoms with E-state index in [1.165, 1.54) is 121 Å². The van der Waals surface area contributed by atoms with E-state index >= 15 is 0 Å². The van der Waals surface area contributed by atoms with Gasteiger partial charge in [-0.2, -0.15) is 0 Å². The van der Waals surface area contributed by atoms with Crippen molar-refractivity contribution in [2.75, 3.05) is 9.80 Å². The Hall–Kier alpha value is -9.38. The molecule has 0 saturated heterocycles. The maximum atomic E-state index is 2.59. The molecular weight excluding hydrogens is 969 g/mol. The molecule has 0 saturated carbocycles. The molecule has 0 N–H and O–H groups in total. The molecule has 0 amide bonds. The van der Waals surface area contributed by atoms with Gasteiger partial charge in [0.15, 0.2) is 0 Å². The number of hydrogen-bond acceptors (Lipinski definition) is 2. The molecule has 0 unspecified atom stereocenters. The van der Waals surface area contributed by atoms with Crippen molar-refractivity contribution in [2.45, 2.75) is 66.2 Å². The zero-order valence-electron chi connectivity index (χ0n) is 46.7. The average molecular weight is 1030 g/mol. The standard InChI is InChI=1S/C76H62N4/c1-47-21-19-27-53(41-47)77(63-31-17-15-29-55(63)49-23-11-9-12-24-49)67-39-35-57-59-45-70-60(46-69(59)79-65-37-33-51(75(3,4)5)43-61(65)71(67)73(57)79)58-36-40-68(72-62-44-52(76(6,7)8)34-38-66(62)80(70)74(58)72)78(54-28-20-22-48(2)42-54)64-32-18-16-30-56(64)50-25-13-10-14-26-50/h9-46H,1-8H3. The molecule has 0 spiro atoms. The normalized spacial score (nSPS) is 12.5. The summed E-state index contributed by atoms with van der Waals surface area (Å²) in [4.78, 5) is 5.04. The number of anilines is 6. The molecule has 4 nitrogen and oxygen atoms in total. The van der Waals surface area contributed by atoms with Crippen LogP contribution in [0.2, 0.25) is 0 Å². The monoisotopic (exact) mass is 1030 g/mol. The molecule has 0 aliphatic heterocycles. The van der Waals surface area contributed by atoms with E-state index < -0.39 is 0 Å². The lowest BCUT2D eigenvalue weighted by atomic mass is 9.86. The molecule has 15 rings (SSSR count). The van der Waals surface area contributed by atoms with Gasteiger partial charge >= 0.3 is 0 Å². The summed E-state index contributed by atoms with van der Waals surface area (Å²) in [5, 5.41) is 10.0. The first-order chi connectivity index (χ1) is 38.8. The molecule has 0 bridgehead atoms. The Bertz CT molecular complexity index is 4610. The summed E-state index contributed by atoms with van der Waals surface area (Å²) in [5.74, 6) is 0. The van der Waals surface area contributed by atoms with Crippen LogP contribution < -0.4 is 9.80 Å². The van der Waals surface area contributed by atoms with Gasteiger partial charge < -0.3 is 18.6 Å². The van der Waals surface area contributed by atoms with Gasteiger partial charge in [0.25, 0.3) is 0 Å². The van der Waals surface area contributed by atoms with Crippen molar-refractivity contribution in [3.05, 3.63) is 253 Å². The van der Waals surface area contributed by atoms with Crippen LogP contribution in [-0.4, -0.2) is 8.80 Å². The predicted molar refractivity (Wildman–Crippen MR) is 343 cm³/mol. The first-order valence-electron chi connectivity index (χ1n) is 28.3. The van der Waals surface area contributed by atoms with Gasteiger partial charge in [0.1, 0.15) is 0 Å². The fourth-order valence-corrected chi connectivity index (χ4v) is 13.3. The van der Waals surface area contributed by atoms with Crippen molar-refractivity contribution < 1.29 is 0 Å². The molecule has 4 heterocycles. The van der Waals surface area contributed by atoms with Gasteiger partial charge in [-0.15, -0.1) is 0 Å². The summed E-state index contributed by atoms with van der Waals surface area (Å²) >= 11 is 0. The number of benzene rings is 11. The molecule has 386 valence electrons. The highest BCUT2D eigenvalue weighted by atomic mass is 15.2. The Morgan fingerprint density at radius 3 is 1.10 bits per heavy atom. The first kappa shape index (κ1) is 47.8. The third-order valence-corrected chi connectivity index (χ3v) is 17.1. The summed E-state index contributed by atoms with van der Waals surface area (Å²) in [5.41, 5.74) is 23.9. The Labute approximate surface area is 467 Å². The van der Waals surface area contributed by atoms with Crippen LogP contribution in [0.25, 0.3) is 98.4 Å². The summed E-state index contributed by atoms with van der Waals surface area (Å²) in [7, 11) is 0. The number of aryl methyl sites for hydroxylation is 2. The zero-order chi connectivity index (χ0) is 54.3. The molecule has 80 heavy (non-hydrogen) atoms. The van der Waals surface area contributed by atoms with Crippen molar-refractivity contribution >= 4 is 110 Å². The van der Waals surface area contributed by atoms with Gasteiger partial charge in [-0.05, 0) is 143 Å². The molecule has 0 radical (unpaired) electrons. The quantitative estimate of drug-likeness (QED) is 0.151. The highest BCUT2D eigenvalue weighted by Gasteiger charge is 2.31. The third-order valence-electron chi connectivity index (χ3n) is 17.1. The van der Waals surface area contributed by atoms with Crippen LogP contribution in [0.15, 0.2) is 231 Å². The van der Waals surface area contributed by atoms with E-state index in [4.69, 9.17) is 0 Å². The van der Waals surface area contributed by atoms with E-state index in [1.54, 1.807) is 0 Å². The molecule has 4 aromatic heterocycles. The van der Waals surface area contributed by atoms with Crippen LogP contribution in [0, 0.1) is 13.8 Å². The molecule has 0 aliphatic rings. The van der Waals surface area contributed by atoms with Gasteiger partial charge in [0.2, 0.25) is 0 Å². The lowest BCUT2D eigenvalue weighted by Gasteiger charge is -2.29. The molecule has 11 aromatic carbocycles. The Morgan fingerprint density at radius 2 is 0.700 bits per heavy atom. The second kappa shape index (κ2) is 17.6. The van der Waals surface area contributed by atoms with Crippen LogP contribution in [0.3, 0.4) is 0 Å². The second-order valence-corrected chi connectivity index (χ2v) is 24.3. The smallest absolute Gasteiger partial charge is 0.0641 e. The SMILES string of the molecule is Cc1cccc(N(c2ccccc2-c2ccccc2)c2ccc3c4cc5c(cc4n4c6ccc(C(C)(C)C)cc6c2c34)c2ccc(N(c3cccc(C)c3)c3ccccc3-c3ccccc3)c3c4cc(C(C)(C)C)ccc4n5c23)c1. The Morgan fingerprint density at radius 1 is 0.300 bits per heavy atom. The second-order valence-electron chi connectivity index (χ2n) is 24.3. The molecular formula is C76H62N4. The van der Waals surface area contributed by atoms with Gasteiger partial charge in [-0.3, -0.25) is 0 Å². The minimum Gasteiger partial charge on any atom is -0.309 e. The minimum absolute atomic E-state index is 0.0562. The number of nitrogens with zero attached hydrogens (tertiary/aromatic N) is 4. The van der Waals surface area contributed by atoms with Crippen molar-refractivity contribution in [3.8, 4) is 22.3 Å². The lowest BCUT2D eigenvalue weighted by Crippen LogP contribution is -2.12. The third kappa shape index (κ3) is 7.21. The van der Waals surface area contributed by atoms with E-state index in [9.17, 15) is 0 Å². The summed E-state index contributed by atoms with van der Waals surface area (Å²) in [6.07, 6.45) is 0. The van der Waals surface area contributed by atoms with Crippen LogP contribution in [0.5, 0.6) is 0 Å². The lowest BCUT2D eigenvalue weighted by molar-refractivity contribution is 0.591. The van der Waals surface area contributed by atoms with Crippen LogP contribution in [0.4, 0.5) is 34.1 Å². The fourth-order valence-electron chi connectivity index (χ4n) is 13.3. The van der Waals surface area contributed by atoms with Gasteiger partial charge in [0, 0.05) is 65.6 Å². The van der Waals surface area contributed by atoms with E-state index in [2.05, 4.69) is 305 Å². The molecule has 0 aliphatic carbocycles. The number of aromatic nitrogens is 2. The predicted octanol–water partition coefficient (Wildman–Crippen LogP) is 21.5. The largest absolute Gasteiger partial charge is 0.309 e. The highest BCUT2D eigenvalue weighted by Crippen LogP contribution is 2.53. The summed E-state index contributed by atoms with van der Waals surface area (Å²) < 4.78 is 5.19.